The lowest BCUT2D eigenvalue weighted by Gasteiger charge is -2.20. The van der Waals surface area contributed by atoms with Gasteiger partial charge in [0.2, 0.25) is 10.0 Å². The van der Waals surface area contributed by atoms with Crippen molar-refractivity contribution in [1.82, 2.24) is 9.29 Å². The molecule has 0 aliphatic carbocycles. The van der Waals surface area contributed by atoms with Crippen molar-refractivity contribution in [2.75, 3.05) is 38.2 Å². The molecule has 6 nitrogen and oxygen atoms in total. The average molecular weight is 299 g/mol. The van der Waals surface area contributed by atoms with Gasteiger partial charge in [0, 0.05) is 32.4 Å². The van der Waals surface area contributed by atoms with Gasteiger partial charge < -0.3 is 10.1 Å². The Hall–Kier alpha value is -1.18. The van der Waals surface area contributed by atoms with E-state index in [2.05, 4.69) is 10.3 Å². The summed E-state index contributed by atoms with van der Waals surface area (Å²) in [4.78, 5) is 4.40. The lowest BCUT2D eigenvalue weighted by atomic mass is 10.4. The van der Waals surface area contributed by atoms with E-state index in [9.17, 15) is 8.42 Å². The molecule has 0 spiro atoms. The molecular weight excluding hydrogens is 278 g/mol. The number of ether oxygens (including phenoxy) is 1. The van der Waals surface area contributed by atoms with Gasteiger partial charge in [-0.05, 0) is 25.0 Å². The van der Waals surface area contributed by atoms with E-state index < -0.39 is 10.0 Å². The number of hydrogen-bond acceptors (Lipinski definition) is 5. The Labute approximate surface area is 120 Å². The van der Waals surface area contributed by atoms with Crippen molar-refractivity contribution in [3.8, 4) is 0 Å². The zero-order chi connectivity index (χ0) is 14.4. The van der Waals surface area contributed by atoms with E-state index in [-0.39, 0.29) is 4.90 Å². The second kappa shape index (κ2) is 7.01. The summed E-state index contributed by atoms with van der Waals surface area (Å²) in [7, 11) is -3.52. The zero-order valence-electron chi connectivity index (χ0n) is 11.7. The van der Waals surface area contributed by atoms with Crippen molar-refractivity contribution in [2.24, 2.45) is 0 Å². The quantitative estimate of drug-likeness (QED) is 0.887. The van der Waals surface area contributed by atoms with Gasteiger partial charge in [0.25, 0.3) is 0 Å². The number of nitrogens with zero attached hydrogens (tertiary/aromatic N) is 2. The van der Waals surface area contributed by atoms with Crippen molar-refractivity contribution in [2.45, 2.75) is 24.7 Å². The summed E-state index contributed by atoms with van der Waals surface area (Å²) in [5.41, 5.74) is 0. The molecule has 1 aromatic rings. The van der Waals surface area contributed by atoms with E-state index in [1.807, 2.05) is 6.92 Å². The highest BCUT2D eigenvalue weighted by molar-refractivity contribution is 7.89. The maximum absolute atomic E-state index is 12.7. The number of rotatable bonds is 5. The molecule has 1 aliphatic heterocycles. The summed E-state index contributed by atoms with van der Waals surface area (Å²) in [6.07, 6.45) is 3.23. The van der Waals surface area contributed by atoms with Crippen LogP contribution in [0.15, 0.2) is 23.2 Å². The predicted molar refractivity (Wildman–Crippen MR) is 77.2 cm³/mol. The molecule has 0 amide bonds. The molecule has 0 atom stereocenters. The first kappa shape index (κ1) is 15.2. The molecule has 2 rings (SSSR count). The van der Waals surface area contributed by atoms with E-state index >= 15 is 0 Å². The molecule has 0 bridgehead atoms. The largest absolute Gasteiger partial charge is 0.380 e. The summed E-state index contributed by atoms with van der Waals surface area (Å²) in [6, 6.07) is 3.25. The van der Waals surface area contributed by atoms with Crippen LogP contribution in [0.2, 0.25) is 0 Å². The SMILES string of the molecule is CCCNc1ncccc1S(=O)(=O)N1CCCOCC1. The number of hydrogen-bond donors (Lipinski definition) is 1. The van der Waals surface area contributed by atoms with E-state index in [0.717, 1.165) is 12.8 Å². The highest BCUT2D eigenvalue weighted by Crippen LogP contribution is 2.23. The van der Waals surface area contributed by atoms with Gasteiger partial charge in [-0.1, -0.05) is 6.92 Å². The summed E-state index contributed by atoms with van der Waals surface area (Å²) in [5.74, 6) is 0.430. The van der Waals surface area contributed by atoms with Crippen LogP contribution >= 0.6 is 0 Å². The first-order valence-corrected chi connectivity index (χ1v) is 8.37. The molecule has 2 heterocycles. The van der Waals surface area contributed by atoms with Crippen molar-refractivity contribution >= 4 is 15.8 Å². The van der Waals surface area contributed by atoms with Crippen LogP contribution in [0.1, 0.15) is 19.8 Å². The van der Waals surface area contributed by atoms with Gasteiger partial charge in [0.15, 0.2) is 0 Å². The number of pyridine rings is 1. The summed E-state index contributed by atoms with van der Waals surface area (Å²) < 4.78 is 32.2. The summed E-state index contributed by atoms with van der Waals surface area (Å²) >= 11 is 0. The molecular formula is C13H21N3O3S. The Morgan fingerprint density at radius 2 is 2.25 bits per heavy atom. The second-order valence-electron chi connectivity index (χ2n) is 4.65. The standard InChI is InChI=1S/C13H21N3O3S/c1-2-6-14-13-12(5-3-7-15-13)20(17,18)16-8-4-10-19-11-9-16/h3,5,7H,2,4,6,8-11H2,1H3,(H,14,15). The topological polar surface area (TPSA) is 71.5 Å². The monoisotopic (exact) mass is 299 g/mol. The third-order valence-electron chi connectivity index (χ3n) is 3.11. The third kappa shape index (κ3) is 3.47. The fourth-order valence-corrected chi connectivity index (χ4v) is 3.66. The summed E-state index contributed by atoms with van der Waals surface area (Å²) in [6.45, 7) is 4.66. The molecule has 0 aromatic carbocycles. The van der Waals surface area contributed by atoms with E-state index in [0.29, 0.717) is 38.7 Å². The Kier molecular flexibility index (Phi) is 5.33. The summed E-state index contributed by atoms with van der Waals surface area (Å²) in [5, 5.41) is 3.08. The van der Waals surface area contributed by atoms with Crippen LogP contribution in [-0.2, 0) is 14.8 Å². The Bertz CT molecular complexity index is 525. The lowest BCUT2D eigenvalue weighted by Crippen LogP contribution is -2.33. The third-order valence-corrected chi connectivity index (χ3v) is 5.04. The maximum Gasteiger partial charge on any atom is 0.246 e. The molecule has 0 saturated carbocycles. The highest BCUT2D eigenvalue weighted by atomic mass is 32.2. The second-order valence-corrected chi connectivity index (χ2v) is 6.55. The fraction of sp³-hybridized carbons (Fsp3) is 0.615. The van der Waals surface area contributed by atoms with Crippen molar-refractivity contribution < 1.29 is 13.2 Å². The number of aromatic nitrogens is 1. The molecule has 7 heteroatoms. The predicted octanol–water partition coefficient (Wildman–Crippen LogP) is 1.31. The van der Waals surface area contributed by atoms with Crippen LogP contribution in [0.3, 0.4) is 0 Å². The fourth-order valence-electron chi connectivity index (χ4n) is 2.08. The maximum atomic E-state index is 12.7. The number of nitrogens with one attached hydrogen (secondary N) is 1. The van der Waals surface area contributed by atoms with Crippen molar-refractivity contribution in [1.29, 1.82) is 0 Å². The van der Waals surface area contributed by atoms with Gasteiger partial charge in [-0.2, -0.15) is 4.31 Å². The minimum atomic E-state index is -3.52. The number of sulfonamides is 1. The normalized spacial score (nSPS) is 17.6. The van der Waals surface area contributed by atoms with Gasteiger partial charge in [-0.25, -0.2) is 13.4 Å². The average Bonchev–Trinajstić information content (AvgIpc) is 2.75. The lowest BCUT2D eigenvalue weighted by molar-refractivity contribution is 0.148. The Morgan fingerprint density at radius 3 is 3.05 bits per heavy atom. The van der Waals surface area contributed by atoms with E-state index in [1.54, 1.807) is 18.3 Å². The van der Waals surface area contributed by atoms with Crippen LogP contribution in [0.5, 0.6) is 0 Å². The van der Waals surface area contributed by atoms with Crippen LogP contribution in [-0.4, -0.2) is 50.6 Å². The molecule has 1 saturated heterocycles. The minimum absolute atomic E-state index is 0.246. The van der Waals surface area contributed by atoms with Crippen molar-refractivity contribution in [3.63, 3.8) is 0 Å². The molecule has 1 aliphatic rings. The molecule has 1 fully saturated rings. The van der Waals surface area contributed by atoms with Gasteiger partial charge in [-0.15, -0.1) is 0 Å². The van der Waals surface area contributed by atoms with Crippen molar-refractivity contribution in [3.05, 3.63) is 18.3 Å². The van der Waals surface area contributed by atoms with Crippen LogP contribution in [0.25, 0.3) is 0 Å². The van der Waals surface area contributed by atoms with E-state index in [4.69, 9.17) is 4.74 Å². The zero-order valence-corrected chi connectivity index (χ0v) is 12.5. The Morgan fingerprint density at radius 1 is 1.40 bits per heavy atom. The Balaban J connectivity index is 2.28. The molecule has 1 aromatic heterocycles. The van der Waals surface area contributed by atoms with Crippen LogP contribution < -0.4 is 5.32 Å². The molecule has 0 radical (unpaired) electrons. The smallest absolute Gasteiger partial charge is 0.246 e. The number of anilines is 1. The molecule has 1 N–H and O–H groups in total. The molecule has 20 heavy (non-hydrogen) atoms. The van der Waals surface area contributed by atoms with Crippen LogP contribution in [0.4, 0.5) is 5.82 Å². The molecule has 112 valence electrons. The first-order valence-electron chi connectivity index (χ1n) is 6.93. The van der Waals surface area contributed by atoms with Gasteiger partial charge >= 0.3 is 0 Å². The first-order chi connectivity index (χ1) is 9.66. The van der Waals surface area contributed by atoms with Gasteiger partial charge in [0.1, 0.15) is 10.7 Å². The highest BCUT2D eigenvalue weighted by Gasteiger charge is 2.28. The molecule has 0 unspecified atom stereocenters. The van der Waals surface area contributed by atoms with Crippen LogP contribution in [0, 0.1) is 0 Å². The van der Waals surface area contributed by atoms with Gasteiger partial charge in [0.05, 0.1) is 6.61 Å². The minimum Gasteiger partial charge on any atom is -0.380 e. The van der Waals surface area contributed by atoms with Gasteiger partial charge in [-0.3, -0.25) is 0 Å². The van der Waals surface area contributed by atoms with E-state index in [1.165, 1.54) is 4.31 Å².